The van der Waals surface area contributed by atoms with Crippen molar-refractivity contribution in [2.24, 2.45) is 0 Å². The molecule has 1 aliphatic heterocycles. The smallest absolute Gasteiger partial charge is 0.328 e. The predicted octanol–water partition coefficient (Wildman–Crippen LogP) is 1.81. The fourth-order valence-corrected chi connectivity index (χ4v) is 1.76. The molecule has 0 radical (unpaired) electrons. The number of nitrogens with one attached hydrogen (secondary N) is 1. The van der Waals surface area contributed by atoms with E-state index in [2.05, 4.69) is 5.32 Å². The quantitative estimate of drug-likeness (QED) is 0.791. The van der Waals surface area contributed by atoms with Crippen molar-refractivity contribution in [1.29, 1.82) is 0 Å². The van der Waals surface area contributed by atoms with Gasteiger partial charge in [-0.05, 0) is 31.2 Å². The molecule has 1 aromatic carbocycles. The highest BCUT2D eigenvalue weighted by molar-refractivity contribution is 5.81. The summed E-state index contributed by atoms with van der Waals surface area (Å²) in [6.07, 6.45) is 0.716. The summed E-state index contributed by atoms with van der Waals surface area (Å²) in [6.45, 7) is 1.90. The van der Waals surface area contributed by atoms with Crippen LogP contribution in [-0.4, -0.2) is 25.2 Å². The zero-order valence-electron chi connectivity index (χ0n) is 9.40. The highest BCUT2D eigenvalue weighted by Gasteiger charge is 2.31. The first-order chi connectivity index (χ1) is 7.69. The van der Waals surface area contributed by atoms with E-state index in [1.165, 1.54) is 0 Å². The van der Waals surface area contributed by atoms with Crippen LogP contribution in [0.4, 0.5) is 5.69 Å². The van der Waals surface area contributed by atoms with E-state index in [1.807, 2.05) is 31.2 Å². The molecule has 0 saturated carbocycles. The van der Waals surface area contributed by atoms with Gasteiger partial charge >= 0.3 is 5.97 Å². The number of carbonyl (C=O) groups excluding carboxylic acids is 1. The van der Waals surface area contributed by atoms with E-state index in [-0.39, 0.29) is 18.1 Å². The standard InChI is InChI=1S/C12H15NO3/c1-8-7-11(12(14)16-8)13-9-3-5-10(15-2)6-4-9/h3-6,8,11,13H,7H2,1-2H3/t8-,11-/m1/s1. The van der Waals surface area contributed by atoms with Crippen LogP contribution in [0.3, 0.4) is 0 Å². The molecule has 86 valence electrons. The number of esters is 1. The van der Waals surface area contributed by atoms with Gasteiger partial charge in [-0.3, -0.25) is 0 Å². The van der Waals surface area contributed by atoms with Crippen LogP contribution in [-0.2, 0) is 9.53 Å². The lowest BCUT2D eigenvalue weighted by Crippen LogP contribution is -2.24. The summed E-state index contributed by atoms with van der Waals surface area (Å²) >= 11 is 0. The maximum Gasteiger partial charge on any atom is 0.328 e. The van der Waals surface area contributed by atoms with Crippen molar-refractivity contribution in [2.75, 3.05) is 12.4 Å². The Morgan fingerprint density at radius 1 is 1.38 bits per heavy atom. The Bertz CT molecular complexity index is 374. The van der Waals surface area contributed by atoms with Crippen molar-refractivity contribution in [3.05, 3.63) is 24.3 Å². The molecule has 0 bridgehead atoms. The van der Waals surface area contributed by atoms with Crippen molar-refractivity contribution in [1.82, 2.24) is 0 Å². The highest BCUT2D eigenvalue weighted by Crippen LogP contribution is 2.21. The zero-order chi connectivity index (χ0) is 11.5. The van der Waals surface area contributed by atoms with Gasteiger partial charge in [0.1, 0.15) is 17.9 Å². The molecule has 0 aromatic heterocycles. The molecule has 16 heavy (non-hydrogen) atoms. The molecule has 0 aliphatic carbocycles. The first kappa shape index (κ1) is 10.8. The molecule has 1 heterocycles. The van der Waals surface area contributed by atoms with E-state index in [1.54, 1.807) is 7.11 Å². The van der Waals surface area contributed by atoms with E-state index in [4.69, 9.17) is 9.47 Å². The number of cyclic esters (lactones) is 1. The molecular formula is C12H15NO3. The minimum absolute atomic E-state index is 0.00301. The number of hydrogen-bond acceptors (Lipinski definition) is 4. The number of anilines is 1. The van der Waals surface area contributed by atoms with E-state index in [0.717, 1.165) is 11.4 Å². The SMILES string of the molecule is COc1ccc(N[C@@H]2C[C@@H](C)OC2=O)cc1. The molecule has 0 amide bonds. The second kappa shape index (κ2) is 4.43. The van der Waals surface area contributed by atoms with Crippen LogP contribution < -0.4 is 10.1 Å². The van der Waals surface area contributed by atoms with Crippen molar-refractivity contribution in [3.8, 4) is 5.75 Å². The van der Waals surface area contributed by atoms with Crippen molar-refractivity contribution in [2.45, 2.75) is 25.5 Å². The monoisotopic (exact) mass is 221 g/mol. The Hall–Kier alpha value is -1.71. The molecule has 1 saturated heterocycles. The first-order valence-corrected chi connectivity index (χ1v) is 5.30. The van der Waals surface area contributed by atoms with Gasteiger partial charge in [-0.15, -0.1) is 0 Å². The molecule has 0 unspecified atom stereocenters. The van der Waals surface area contributed by atoms with Gasteiger partial charge in [0.2, 0.25) is 0 Å². The predicted molar refractivity (Wildman–Crippen MR) is 60.6 cm³/mol. The number of methoxy groups -OCH3 is 1. The third kappa shape index (κ3) is 2.27. The Balaban J connectivity index is 2.01. The number of rotatable bonds is 3. The maximum atomic E-state index is 11.4. The molecule has 4 nitrogen and oxygen atoms in total. The van der Waals surface area contributed by atoms with E-state index in [9.17, 15) is 4.79 Å². The van der Waals surface area contributed by atoms with Gasteiger partial charge in [-0.25, -0.2) is 4.79 Å². The second-order valence-electron chi connectivity index (χ2n) is 3.91. The van der Waals surface area contributed by atoms with E-state index in [0.29, 0.717) is 6.42 Å². The first-order valence-electron chi connectivity index (χ1n) is 5.30. The average Bonchev–Trinajstić information content (AvgIpc) is 2.59. The highest BCUT2D eigenvalue weighted by atomic mass is 16.6. The Labute approximate surface area is 94.6 Å². The fraction of sp³-hybridized carbons (Fsp3) is 0.417. The van der Waals surface area contributed by atoms with Gasteiger partial charge in [0.05, 0.1) is 7.11 Å². The van der Waals surface area contributed by atoms with E-state index < -0.39 is 0 Å². The fourth-order valence-electron chi connectivity index (χ4n) is 1.76. The minimum atomic E-state index is -0.233. The summed E-state index contributed by atoms with van der Waals surface area (Å²) in [4.78, 5) is 11.4. The molecule has 2 rings (SSSR count). The summed E-state index contributed by atoms with van der Waals surface area (Å²) < 4.78 is 10.1. The molecule has 2 atom stereocenters. The summed E-state index contributed by atoms with van der Waals surface area (Å²) in [7, 11) is 1.62. The van der Waals surface area contributed by atoms with Gasteiger partial charge in [0, 0.05) is 12.1 Å². The van der Waals surface area contributed by atoms with Gasteiger partial charge < -0.3 is 14.8 Å². The molecule has 1 N–H and O–H groups in total. The van der Waals surface area contributed by atoms with Crippen LogP contribution in [0.1, 0.15) is 13.3 Å². The summed E-state index contributed by atoms with van der Waals surface area (Å²) in [6, 6.07) is 7.24. The lowest BCUT2D eigenvalue weighted by molar-refractivity contribution is -0.141. The van der Waals surface area contributed by atoms with Crippen LogP contribution in [0.25, 0.3) is 0 Å². The second-order valence-corrected chi connectivity index (χ2v) is 3.91. The molecule has 4 heteroatoms. The van der Waals surface area contributed by atoms with Crippen LogP contribution in [0, 0.1) is 0 Å². The normalized spacial score (nSPS) is 24.0. The van der Waals surface area contributed by atoms with E-state index >= 15 is 0 Å². The summed E-state index contributed by atoms with van der Waals surface area (Å²) in [5.41, 5.74) is 0.900. The maximum absolute atomic E-state index is 11.4. The third-order valence-electron chi connectivity index (χ3n) is 2.60. The van der Waals surface area contributed by atoms with Gasteiger partial charge in [0.15, 0.2) is 0 Å². The molecule has 1 aliphatic rings. The number of hydrogen-bond donors (Lipinski definition) is 1. The average molecular weight is 221 g/mol. The largest absolute Gasteiger partial charge is 0.497 e. The Morgan fingerprint density at radius 2 is 2.06 bits per heavy atom. The van der Waals surface area contributed by atoms with Crippen LogP contribution >= 0.6 is 0 Å². The Kier molecular flexibility index (Phi) is 2.99. The van der Waals surface area contributed by atoms with Gasteiger partial charge in [0.25, 0.3) is 0 Å². The van der Waals surface area contributed by atoms with Crippen molar-refractivity contribution < 1.29 is 14.3 Å². The van der Waals surface area contributed by atoms with Crippen LogP contribution in [0.15, 0.2) is 24.3 Å². The zero-order valence-corrected chi connectivity index (χ0v) is 9.40. The van der Waals surface area contributed by atoms with Gasteiger partial charge in [-0.1, -0.05) is 0 Å². The van der Waals surface area contributed by atoms with Crippen molar-refractivity contribution in [3.63, 3.8) is 0 Å². The lowest BCUT2D eigenvalue weighted by atomic mass is 10.2. The number of ether oxygens (including phenoxy) is 2. The lowest BCUT2D eigenvalue weighted by Gasteiger charge is -2.10. The molecule has 1 aromatic rings. The third-order valence-corrected chi connectivity index (χ3v) is 2.60. The number of benzene rings is 1. The van der Waals surface area contributed by atoms with Gasteiger partial charge in [-0.2, -0.15) is 0 Å². The molecule has 0 spiro atoms. The summed E-state index contributed by atoms with van der Waals surface area (Å²) in [5.74, 6) is 0.622. The Morgan fingerprint density at radius 3 is 2.56 bits per heavy atom. The molecule has 1 fully saturated rings. The van der Waals surface area contributed by atoms with Crippen molar-refractivity contribution >= 4 is 11.7 Å². The molecular weight excluding hydrogens is 206 g/mol. The summed E-state index contributed by atoms with van der Waals surface area (Å²) in [5, 5.41) is 3.14. The van der Waals surface area contributed by atoms with Crippen LogP contribution in [0.5, 0.6) is 5.75 Å². The topological polar surface area (TPSA) is 47.6 Å². The number of carbonyl (C=O) groups is 1. The minimum Gasteiger partial charge on any atom is -0.497 e. The van der Waals surface area contributed by atoms with Crippen LogP contribution in [0.2, 0.25) is 0 Å².